The number of rotatable bonds is 4. The van der Waals surface area contributed by atoms with Crippen LogP contribution in [0, 0.1) is 0 Å². The second kappa shape index (κ2) is 5.22. The number of hydrogen-bond donors (Lipinski definition) is 0. The van der Waals surface area contributed by atoms with Gasteiger partial charge in [-0.3, -0.25) is 0 Å². The molecule has 2 nitrogen and oxygen atoms in total. The summed E-state index contributed by atoms with van der Waals surface area (Å²) in [6.45, 7) is 10.9. The average molecular weight is 200 g/mol. The lowest BCUT2D eigenvalue weighted by Gasteiger charge is -2.11. The Morgan fingerprint density at radius 2 is 1.92 bits per heavy atom. The standard InChI is InChI=1S/C10H20O2Si/c1-6-7-12-10(11)9(2)8-13(3,4)5/h8H,6-7H2,1-5H3. The summed E-state index contributed by atoms with van der Waals surface area (Å²) in [5, 5.41) is 0. The van der Waals surface area contributed by atoms with Crippen LogP contribution in [0.15, 0.2) is 11.3 Å². The van der Waals surface area contributed by atoms with E-state index in [9.17, 15) is 4.79 Å². The van der Waals surface area contributed by atoms with E-state index in [-0.39, 0.29) is 5.97 Å². The fourth-order valence-corrected chi connectivity index (χ4v) is 2.43. The van der Waals surface area contributed by atoms with Crippen molar-refractivity contribution < 1.29 is 9.53 Å². The Morgan fingerprint density at radius 3 is 2.31 bits per heavy atom. The third kappa shape index (κ3) is 6.58. The predicted molar refractivity (Wildman–Crippen MR) is 58.4 cm³/mol. The highest BCUT2D eigenvalue weighted by Crippen LogP contribution is 2.08. The average Bonchev–Trinajstić information content (AvgIpc) is 1.96. The van der Waals surface area contributed by atoms with E-state index in [4.69, 9.17) is 4.74 Å². The van der Waals surface area contributed by atoms with Crippen molar-refractivity contribution in [3.05, 3.63) is 11.3 Å². The third-order valence-corrected chi connectivity index (χ3v) is 2.71. The van der Waals surface area contributed by atoms with E-state index < -0.39 is 8.07 Å². The summed E-state index contributed by atoms with van der Waals surface area (Å²) in [4.78, 5) is 11.3. The largest absolute Gasteiger partial charge is 0.462 e. The van der Waals surface area contributed by atoms with Crippen LogP contribution in [0.3, 0.4) is 0 Å². The van der Waals surface area contributed by atoms with Gasteiger partial charge >= 0.3 is 5.97 Å². The molecule has 0 bridgehead atoms. The van der Waals surface area contributed by atoms with E-state index in [2.05, 4.69) is 25.3 Å². The molecule has 0 rings (SSSR count). The van der Waals surface area contributed by atoms with Crippen LogP contribution in [0.2, 0.25) is 19.6 Å². The first-order chi connectivity index (χ1) is 5.87. The van der Waals surface area contributed by atoms with Crippen LogP contribution < -0.4 is 0 Å². The van der Waals surface area contributed by atoms with Crippen molar-refractivity contribution >= 4 is 14.0 Å². The highest BCUT2D eigenvalue weighted by Gasteiger charge is 2.13. The summed E-state index contributed by atoms with van der Waals surface area (Å²) in [6.07, 6.45) is 0.881. The molecule has 0 aliphatic heterocycles. The van der Waals surface area contributed by atoms with Crippen LogP contribution in [0.4, 0.5) is 0 Å². The zero-order chi connectivity index (χ0) is 10.5. The molecule has 0 saturated heterocycles. The fraction of sp³-hybridized carbons (Fsp3) is 0.700. The second-order valence-electron chi connectivity index (χ2n) is 4.33. The highest BCUT2D eigenvalue weighted by molar-refractivity contribution is 6.81. The molecule has 0 atom stereocenters. The molecule has 0 fully saturated rings. The molecule has 0 saturated carbocycles. The monoisotopic (exact) mass is 200 g/mol. The molecule has 3 heteroatoms. The lowest BCUT2D eigenvalue weighted by atomic mass is 10.4. The maximum atomic E-state index is 11.3. The Kier molecular flexibility index (Phi) is 4.99. The Labute approximate surface area is 82.0 Å². The molecular weight excluding hydrogens is 180 g/mol. The van der Waals surface area contributed by atoms with Crippen molar-refractivity contribution in [2.24, 2.45) is 0 Å². The molecular formula is C10H20O2Si. The summed E-state index contributed by atoms with van der Waals surface area (Å²) in [5.74, 6) is -0.163. The minimum absolute atomic E-state index is 0.163. The van der Waals surface area contributed by atoms with E-state index >= 15 is 0 Å². The van der Waals surface area contributed by atoms with E-state index in [1.807, 2.05) is 13.8 Å². The fourth-order valence-electron chi connectivity index (χ4n) is 1.02. The van der Waals surface area contributed by atoms with E-state index in [0.29, 0.717) is 6.61 Å². The smallest absolute Gasteiger partial charge is 0.332 e. The molecule has 0 aromatic carbocycles. The van der Waals surface area contributed by atoms with Gasteiger partial charge in [-0.05, 0) is 13.3 Å². The van der Waals surface area contributed by atoms with Crippen LogP contribution in [0.25, 0.3) is 0 Å². The topological polar surface area (TPSA) is 26.3 Å². The third-order valence-electron chi connectivity index (χ3n) is 1.41. The van der Waals surface area contributed by atoms with Gasteiger partial charge in [0.05, 0.1) is 14.7 Å². The minimum atomic E-state index is -1.29. The van der Waals surface area contributed by atoms with Gasteiger partial charge in [0.2, 0.25) is 0 Å². The molecule has 0 unspecified atom stereocenters. The second-order valence-corrected chi connectivity index (χ2v) is 9.35. The van der Waals surface area contributed by atoms with Crippen LogP contribution in [0.1, 0.15) is 20.3 Å². The van der Waals surface area contributed by atoms with Crippen molar-refractivity contribution in [1.82, 2.24) is 0 Å². The highest BCUT2D eigenvalue weighted by atomic mass is 28.3. The number of carbonyl (C=O) groups is 1. The van der Waals surface area contributed by atoms with Crippen LogP contribution >= 0.6 is 0 Å². The molecule has 0 heterocycles. The van der Waals surface area contributed by atoms with Gasteiger partial charge in [0.1, 0.15) is 0 Å². The minimum Gasteiger partial charge on any atom is -0.462 e. The first-order valence-corrected chi connectivity index (χ1v) is 8.31. The number of hydrogen-bond acceptors (Lipinski definition) is 2. The van der Waals surface area contributed by atoms with Gasteiger partial charge in [0, 0.05) is 5.57 Å². The molecule has 0 spiro atoms. The lowest BCUT2D eigenvalue weighted by molar-refractivity contribution is -0.138. The molecule has 0 amide bonds. The van der Waals surface area contributed by atoms with Crippen LogP contribution in [-0.4, -0.2) is 20.7 Å². The van der Waals surface area contributed by atoms with E-state index in [1.165, 1.54) is 0 Å². The summed E-state index contributed by atoms with van der Waals surface area (Å²) in [6, 6.07) is 0. The zero-order valence-corrected chi connectivity index (χ0v) is 10.3. The Hall–Kier alpha value is -0.573. The Bertz CT molecular complexity index is 201. The van der Waals surface area contributed by atoms with Gasteiger partial charge in [0.25, 0.3) is 0 Å². The summed E-state index contributed by atoms with van der Waals surface area (Å²) in [7, 11) is -1.29. The first-order valence-electron chi connectivity index (χ1n) is 4.73. The lowest BCUT2D eigenvalue weighted by Crippen LogP contribution is -2.19. The number of ether oxygens (including phenoxy) is 1. The van der Waals surface area contributed by atoms with Crippen LogP contribution in [0.5, 0.6) is 0 Å². The molecule has 0 N–H and O–H groups in total. The van der Waals surface area contributed by atoms with Gasteiger partial charge in [-0.25, -0.2) is 4.79 Å². The predicted octanol–water partition coefficient (Wildman–Crippen LogP) is 2.76. The molecule has 0 aromatic rings. The maximum absolute atomic E-state index is 11.3. The van der Waals surface area contributed by atoms with Gasteiger partial charge in [-0.15, -0.1) is 0 Å². The molecule has 76 valence electrons. The Balaban J connectivity index is 4.17. The molecule has 0 aliphatic rings. The summed E-state index contributed by atoms with van der Waals surface area (Å²) < 4.78 is 5.01. The molecule has 13 heavy (non-hydrogen) atoms. The summed E-state index contributed by atoms with van der Waals surface area (Å²) in [5.41, 5.74) is 2.83. The van der Waals surface area contributed by atoms with Gasteiger partial charge in [-0.1, -0.05) is 32.3 Å². The molecule has 0 aliphatic carbocycles. The summed E-state index contributed by atoms with van der Waals surface area (Å²) >= 11 is 0. The van der Waals surface area contributed by atoms with E-state index in [1.54, 1.807) is 0 Å². The molecule has 0 aromatic heterocycles. The number of carbonyl (C=O) groups excluding carboxylic acids is 1. The van der Waals surface area contributed by atoms with Crippen molar-refractivity contribution in [1.29, 1.82) is 0 Å². The van der Waals surface area contributed by atoms with Crippen molar-refractivity contribution in [3.8, 4) is 0 Å². The maximum Gasteiger partial charge on any atom is 0.332 e. The van der Waals surface area contributed by atoms with Gasteiger partial charge in [0.15, 0.2) is 0 Å². The SMILES string of the molecule is CCCOC(=O)C(C)=C[Si](C)(C)C. The normalized spacial score (nSPS) is 12.8. The van der Waals surface area contributed by atoms with Gasteiger partial charge < -0.3 is 4.74 Å². The quantitative estimate of drug-likeness (QED) is 0.396. The van der Waals surface area contributed by atoms with Crippen LogP contribution in [-0.2, 0) is 9.53 Å². The van der Waals surface area contributed by atoms with Crippen molar-refractivity contribution in [2.45, 2.75) is 39.9 Å². The Morgan fingerprint density at radius 1 is 1.38 bits per heavy atom. The van der Waals surface area contributed by atoms with Crippen molar-refractivity contribution in [3.63, 3.8) is 0 Å². The van der Waals surface area contributed by atoms with Gasteiger partial charge in [-0.2, -0.15) is 0 Å². The molecule has 0 radical (unpaired) electrons. The first kappa shape index (κ1) is 12.4. The number of esters is 1. The zero-order valence-electron chi connectivity index (χ0n) is 9.31. The van der Waals surface area contributed by atoms with E-state index in [0.717, 1.165) is 12.0 Å². The van der Waals surface area contributed by atoms with Crippen molar-refractivity contribution in [2.75, 3.05) is 6.61 Å².